The fourth-order valence-electron chi connectivity index (χ4n) is 6.89. The monoisotopic (exact) mass is 954 g/mol. The van der Waals surface area contributed by atoms with E-state index in [1.165, 1.54) is 0 Å². The van der Waals surface area contributed by atoms with Gasteiger partial charge in [-0.25, -0.2) is 24.0 Å². The zero-order chi connectivity index (χ0) is 50.0. The van der Waals surface area contributed by atoms with Gasteiger partial charge in [0.05, 0.1) is 22.3 Å². The minimum absolute atomic E-state index is 0.341. The number of phenolic OH excluding ortho intramolecular Hbond substituents is 14. The molecule has 27 nitrogen and oxygen atoms in total. The Labute approximate surface area is 374 Å². The highest BCUT2D eigenvalue weighted by atomic mass is 16.7. The third-order valence-corrected chi connectivity index (χ3v) is 10.2. The van der Waals surface area contributed by atoms with Crippen LogP contribution >= 0.6 is 0 Å². The number of aliphatic hydroxyl groups is 1. The molecular formula is C41H30O27. The summed E-state index contributed by atoms with van der Waals surface area (Å²) in [5, 5.41) is 167. The second-order valence-corrected chi connectivity index (χ2v) is 14.4. The normalized spacial score (nSPS) is 18.9. The summed E-state index contributed by atoms with van der Waals surface area (Å²) in [6.45, 7) is -1.31. The molecule has 1 fully saturated rings. The van der Waals surface area contributed by atoms with Crippen molar-refractivity contribution in [3.05, 3.63) is 70.3 Å². The molecule has 5 aromatic rings. The van der Waals surface area contributed by atoms with E-state index < -0.39 is 198 Å². The van der Waals surface area contributed by atoms with Crippen molar-refractivity contribution in [3.63, 3.8) is 0 Å². The Kier molecular flexibility index (Phi) is 11.6. The van der Waals surface area contributed by atoms with Crippen LogP contribution in [0.15, 0.2) is 42.5 Å². The molecule has 0 aliphatic carbocycles. The number of hydrogen-bond acceptors (Lipinski definition) is 26. The van der Waals surface area contributed by atoms with Gasteiger partial charge >= 0.3 is 29.8 Å². The van der Waals surface area contributed by atoms with Crippen LogP contribution in [0.25, 0.3) is 11.1 Å². The summed E-state index contributed by atoms with van der Waals surface area (Å²) in [7, 11) is 0. The highest BCUT2D eigenvalue weighted by Gasteiger charge is 2.53. The van der Waals surface area contributed by atoms with Gasteiger partial charge in [0.25, 0.3) is 0 Å². The number of hydrogen-bond donors (Lipinski definition) is 16. The van der Waals surface area contributed by atoms with Crippen LogP contribution in [-0.2, 0) is 23.7 Å². The van der Waals surface area contributed by atoms with Gasteiger partial charge in [-0.2, -0.15) is 0 Å². The van der Waals surface area contributed by atoms with Crippen molar-refractivity contribution < 1.29 is 134 Å². The lowest BCUT2D eigenvalue weighted by Crippen LogP contribution is -2.62. The van der Waals surface area contributed by atoms with Gasteiger partial charge in [0.2, 0.25) is 17.2 Å². The summed E-state index contributed by atoms with van der Waals surface area (Å²) in [5.41, 5.74) is -7.64. The summed E-state index contributed by atoms with van der Waals surface area (Å²) in [4.78, 5) is 68.1. The van der Waals surface area contributed by atoms with Crippen molar-refractivity contribution in [3.8, 4) is 103 Å². The molecule has 7 rings (SSSR count). The van der Waals surface area contributed by atoms with E-state index in [2.05, 4.69) is 0 Å². The molecule has 0 aromatic heterocycles. The Hall–Kier alpha value is -9.63. The first-order valence-corrected chi connectivity index (χ1v) is 18.6. The summed E-state index contributed by atoms with van der Waals surface area (Å²) >= 11 is 0. The molecule has 27 heteroatoms. The number of aromatic carboxylic acids is 1. The van der Waals surface area contributed by atoms with Crippen LogP contribution in [-0.4, -0.2) is 149 Å². The van der Waals surface area contributed by atoms with E-state index >= 15 is 0 Å². The van der Waals surface area contributed by atoms with E-state index in [4.69, 9.17) is 28.4 Å². The largest absolute Gasteiger partial charge is 0.504 e. The van der Waals surface area contributed by atoms with E-state index in [0.29, 0.717) is 42.5 Å². The van der Waals surface area contributed by atoms with E-state index in [1.54, 1.807) is 0 Å². The Bertz CT molecular complexity index is 2950. The molecule has 0 bridgehead atoms. The topological polar surface area (TPSA) is 464 Å². The van der Waals surface area contributed by atoms with Gasteiger partial charge in [-0.3, -0.25) is 0 Å². The van der Waals surface area contributed by atoms with Crippen LogP contribution in [0.1, 0.15) is 51.8 Å². The molecular weight excluding hydrogens is 924 g/mol. The lowest BCUT2D eigenvalue weighted by molar-refractivity contribution is -0.284. The number of carbonyl (C=O) groups is 5. The standard InChI is InChI=1S/C41H30O27/c42-13-1-9(2-14(43)25(13)49)37(58)67-34-33-21(65-41(62)35(34)68-38(59)10-3-15(44)26(50)16(45)4-10)8-63-40(61)23-20(64-32-12(36(56)57)6-18(47)29(53)31(32)55)7-19(48)27(51)24(23)22-11(39(60)66-33)5-17(46)28(52)30(22)54/h1-7,21,33-35,41-55,62H,8H2,(H,56,57). The van der Waals surface area contributed by atoms with Gasteiger partial charge in [-0.05, 0) is 30.3 Å². The average Bonchev–Trinajstić information content (AvgIpc) is 3.29. The van der Waals surface area contributed by atoms with Gasteiger partial charge in [0.1, 0.15) is 29.6 Å². The second kappa shape index (κ2) is 17.1. The highest BCUT2D eigenvalue weighted by molar-refractivity contribution is 6.09. The summed E-state index contributed by atoms with van der Waals surface area (Å²) < 4.78 is 32.8. The number of esters is 4. The molecule has 0 saturated carbocycles. The molecule has 0 radical (unpaired) electrons. The molecule has 68 heavy (non-hydrogen) atoms. The minimum Gasteiger partial charge on any atom is -0.504 e. The maximum Gasteiger partial charge on any atom is 0.342 e. The highest BCUT2D eigenvalue weighted by Crippen LogP contribution is 2.55. The predicted molar refractivity (Wildman–Crippen MR) is 210 cm³/mol. The number of benzene rings is 5. The smallest absolute Gasteiger partial charge is 0.342 e. The van der Waals surface area contributed by atoms with E-state index in [-0.39, 0.29) is 0 Å². The van der Waals surface area contributed by atoms with Crippen molar-refractivity contribution in [2.75, 3.05) is 6.61 Å². The molecule has 16 N–H and O–H groups in total. The quantitative estimate of drug-likeness (QED) is 0.0625. The molecule has 5 unspecified atom stereocenters. The average molecular weight is 955 g/mol. The van der Waals surface area contributed by atoms with Crippen LogP contribution < -0.4 is 4.74 Å². The molecule has 5 aromatic carbocycles. The number of fused-ring (bicyclic) bond motifs is 4. The molecule has 5 atom stereocenters. The fourth-order valence-corrected chi connectivity index (χ4v) is 6.89. The molecule has 0 spiro atoms. The number of cyclic esters (lactones) is 1. The maximum absolute atomic E-state index is 14.5. The van der Waals surface area contributed by atoms with Crippen molar-refractivity contribution >= 4 is 29.8 Å². The zero-order valence-electron chi connectivity index (χ0n) is 33.3. The number of carboxylic acid groups (broad SMARTS) is 1. The van der Waals surface area contributed by atoms with Crippen molar-refractivity contribution in [2.45, 2.75) is 30.7 Å². The number of ether oxygens (including phenoxy) is 6. The van der Waals surface area contributed by atoms with Crippen molar-refractivity contribution in [2.24, 2.45) is 0 Å². The summed E-state index contributed by atoms with van der Waals surface area (Å²) in [6.07, 6.45) is -12.0. The number of aliphatic hydroxyl groups excluding tert-OH is 1. The first-order chi connectivity index (χ1) is 31.9. The van der Waals surface area contributed by atoms with E-state index in [0.717, 1.165) is 0 Å². The van der Waals surface area contributed by atoms with Crippen molar-refractivity contribution in [1.29, 1.82) is 0 Å². The van der Waals surface area contributed by atoms with Crippen LogP contribution in [0.4, 0.5) is 0 Å². The number of phenols is 14. The van der Waals surface area contributed by atoms with Gasteiger partial charge in [0, 0.05) is 17.7 Å². The first-order valence-electron chi connectivity index (χ1n) is 18.6. The fraction of sp³-hybridized carbons (Fsp3) is 0.146. The number of aromatic hydroxyl groups is 14. The zero-order valence-corrected chi connectivity index (χ0v) is 33.3. The SMILES string of the molecule is O=C(OC1C(O)OC2COC(=O)c3c(Oc4c(C(=O)O)cc(O)c(O)c4O)cc(O)c(O)c3-c3c(cc(O)c(O)c3O)C(=O)OC2C1OC(=O)c1cc(O)c(O)c(O)c1)c1cc(O)c(O)c(O)c1. The van der Waals surface area contributed by atoms with Gasteiger partial charge < -0.3 is 110 Å². The molecule has 0 amide bonds. The minimum atomic E-state index is -2.56. The molecule has 2 aliphatic rings. The molecule has 1 saturated heterocycles. The molecule has 356 valence electrons. The summed E-state index contributed by atoms with van der Waals surface area (Å²) in [5.74, 6) is -29.1. The molecule has 2 heterocycles. The Balaban J connectivity index is 1.42. The Morgan fingerprint density at radius 3 is 1.56 bits per heavy atom. The van der Waals surface area contributed by atoms with E-state index in [9.17, 15) is 106 Å². The Morgan fingerprint density at radius 1 is 0.529 bits per heavy atom. The molecule has 2 aliphatic heterocycles. The maximum atomic E-state index is 14.5. The van der Waals surface area contributed by atoms with Crippen LogP contribution in [0, 0.1) is 0 Å². The van der Waals surface area contributed by atoms with E-state index in [1.807, 2.05) is 0 Å². The van der Waals surface area contributed by atoms with Crippen LogP contribution in [0.5, 0.6) is 92.0 Å². The van der Waals surface area contributed by atoms with Crippen LogP contribution in [0.3, 0.4) is 0 Å². The summed E-state index contributed by atoms with van der Waals surface area (Å²) in [6, 6.07) is 3.31. The third-order valence-electron chi connectivity index (χ3n) is 10.2. The first kappa shape index (κ1) is 46.4. The Morgan fingerprint density at radius 2 is 1.01 bits per heavy atom. The van der Waals surface area contributed by atoms with Gasteiger partial charge in [-0.15, -0.1) is 0 Å². The lowest BCUT2D eigenvalue weighted by atomic mass is 9.91. The third kappa shape index (κ3) is 7.96. The van der Waals surface area contributed by atoms with Gasteiger partial charge in [-0.1, -0.05) is 0 Å². The number of rotatable bonds is 7. The predicted octanol–water partition coefficient (Wildman–Crippen LogP) is 1.59. The van der Waals surface area contributed by atoms with Gasteiger partial charge in [0.15, 0.2) is 93.6 Å². The number of carboxylic acids is 1. The number of carbonyl (C=O) groups excluding carboxylic acids is 4. The second-order valence-electron chi connectivity index (χ2n) is 14.4. The van der Waals surface area contributed by atoms with Crippen LogP contribution in [0.2, 0.25) is 0 Å². The van der Waals surface area contributed by atoms with Crippen molar-refractivity contribution in [1.82, 2.24) is 0 Å². The lowest BCUT2D eigenvalue weighted by Gasteiger charge is -2.42.